The lowest BCUT2D eigenvalue weighted by molar-refractivity contribution is -0.140. The van der Waals surface area contributed by atoms with Crippen LogP contribution >= 0.6 is 11.6 Å². The molecule has 2 aliphatic rings. The Hall–Kier alpha value is -3.29. The molecule has 1 heterocycles. The fraction of sp³-hybridized carbons (Fsp3) is 0.379. The topological polar surface area (TPSA) is 83.1 Å². The van der Waals surface area contributed by atoms with Crippen molar-refractivity contribution in [2.75, 3.05) is 34.0 Å². The standard InChI is InChI=1S/C29H32ClNO6/c1-5-36-12-13-37-29(33)26-17(2)31-23-14-19(18-6-8-20(30)9-7-18)15-24(32)28(23)27(26)22-11-10-21(34-3)16-25(22)35-4/h6-11,16,19,27,31H,5,12-15H2,1-4H3/t19-,27+/m1/s1. The van der Waals surface area contributed by atoms with Crippen molar-refractivity contribution in [1.29, 1.82) is 0 Å². The molecule has 1 aliphatic carbocycles. The summed E-state index contributed by atoms with van der Waals surface area (Å²) in [6, 6.07) is 13.0. The molecule has 0 radical (unpaired) electrons. The molecule has 2 aromatic carbocycles. The van der Waals surface area contributed by atoms with Gasteiger partial charge in [0.05, 0.1) is 32.3 Å². The molecule has 0 bridgehead atoms. The zero-order valence-corrected chi connectivity index (χ0v) is 22.3. The summed E-state index contributed by atoms with van der Waals surface area (Å²) in [7, 11) is 3.14. The SMILES string of the molecule is CCOCCOC(=O)C1=C(C)NC2=C(C(=O)C[C@H](c3ccc(Cl)cc3)C2)[C@H]1c1ccc(OC)cc1OC. The maximum absolute atomic E-state index is 13.8. The largest absolute Gasteiger partial charge is 0.497 e. The fourth-order valence-electron chi connectivity index (χ4n) is 5.06. The van der Waals surface area contributed by atoms with E-state index in [-0.39, 0.29) is 18.3 Å². The maximum Gasteiger partial charge on any atom is 0.336 e. The van der Waals surface area contributed by atoms with Crippen LogP contribution in [0.2, 0.25) is 5.02 Å². The van der Waals surface area contributed by atoms with E-state index in [1.54, 1.807) is 26.4 Å². The van der Waals surface area contributed by atoms with E-state index < -0.39 is 11.9 Å². The highest BCUT2D eigenvalue weighted by molar-refractivity contribution is 6.30. The number of benzene rings is 2. The van der Waals surface area contributed by atoms with Gasteiger partial charge in [0.2, 0.25) is 0 Å². The second-order valence-corrected chi connectivity index (χ2v) is 9.45. The Kier molecular flexibility index (Phi) is 8.56. The Morgan fingerprint density at radius 3 is 2.49 bits per heavy atom. The minimum absolute atomic E-state index is 0.00178. The summed E-state index contributed by atoms with van der Waals surface area (Å²) < 4.78 is 22.0. The van der Waals surface area contributed by atoms with E-state index in [0.717, 1.165) is 11.3 Å². The van der Waals surface area contributed by atoms with Crippen molar-refractivity contribution in [2.45, 2.75) is 38.5 Å². The predicted octanol–water partition coefficient (Wildman–Crippen LogP) is 5.30. The van der Waals surface area contributed by atoms with Crippen molar-refractivity contribution in [3.8, 4) is 11.5 Å². The van der Waals surface area contributed by atoms with Crippen LogP contribution in [-0.4, -0.2) is 45.8 Å². The fourth-order valence-corrected chi connectivity index (χ4v) is 5.19. The summed E-state index contributed by atoms with van der Waals surface area (Å²) in [4.78, 5) is 27.2. The number of carbonyl (C=O) groups excluding carboxylic acids is 2. The number of ether oxygens (including phenoxy) is 4. The predicted molar refractivity (Wildman–Crippen MR) is 141 cm³/mol. The molecule has 0 unspecified atom stereocenters. The molecule has 0 saturated heterocycles. The Balaban J connectivity index is 1.77. The van der Waals surface area contributed by atoms with Crippen LogP contribution in [0.3, 0.4) is 0 Å². The second kappa shape index (κ2) is 11.8. The quantitative estimate of drug-likeness (QED) is 0.351. The average molecular weight is 526 g/mol. The van der Waals surface area contributed by atoms with Crippen molar-refractivity contribution in [3.05, 3.63) is 81.2 Å². The monoisotopic (exact) mass is 525 g/mol. The molecular weight excluding hydrogens is 494 g/mol. The lowest BCUT2D eigenvalue weighted by Gasteiger charge is -2.37. The Morgan fingerprint density at radius 2 is 1.81 bits per heavy atom. The van der Waals surface area contributed by atoms with Gasteiger partial charge in [-0.2, -0.15) is 0 Å². The zero-order chi connectivity index (χ0) is 26.5. The number of Topliss-reactive ketones (excluding diaryl/α,β-unsaturated/α-hetero) is 1. The molecule has 37 heavy (non-hydrogen) atoms. The molecule has 7 nitrogen and oxygen atoms in total. The molecule has 2 atom stereocenters. The van der Waals surface area contributed by atoms with Crippen LogP contribution in [0.4, 0.5) is 0 Å². The summed E-state index contributed by atoms with van der Waals surface area (Å²) in [6.45, 7) is 4.67. The van der Waals surface area contributed by atoms with Gasteiger partial charge in [-0.05, 0) is 49.9 Å². The Bertz CT molecular complexity index is 1230. The highest BCUT2D eigenvalue weighted by Gasteiger charge is 2.42. The molecule has 0 spiro atoms. The Morgan fingerprint density at radius 1 is 1.05 bits per heavy atom. The van der Waals surface area contributed by atoms with Gasteiger partial charge in [0.25, 0.3) is 0 Å². The number of hydrogen-bond donors (Lipinski definition) is 1. The van der Waals surface area contributed by atoms with Gasteiger partial charge in [-0.15, -0.1) is 0 Å². The van der Waals surface area contributed by atoms with Crippen molar-refractivity contribution < 1.29 is 28.5 Å². The van der Waals surface area contributed by atoms with Crippen LogP contribution in [0, 0.1) is 0 Å². The third-order valence-electron chi connectivity index (χ3n) is 6.81. The number of methoxy groups -OCH3 is 2. The molecular formula is C29H32ClNO6. The third kappa shape index (κ3) is 5.68. The summed E-state index contributed by atoms with van der Waals surface area (Å²) >= 11 is 6.08. The van der Waals surface area contributed by atoms with E-state index in [0.29, 0.717) is 65.0 Å². The maximum atomic E-state index is 13.8. The number of rotatable bonds is 9. The van der Waals surface area contributed by atoms with Crippen LogP contribution < -0.4 is 14.8 Å². The van der Waals surface area contributed by atoms with Crippen LogP contribution in [0.1, 0.15) is 49.7 Å². The lowest BCUT2D eigenvalue weighted by Crippen LogP contribution is -2.36. The minimum atomic E-state index is -0.643. The highest BCUT2D eigenvalue weighted by Crippen LogP contribution is 2.48. The summed E-state index contributed by atoms with van der Waals surface area (Å²) in [6.07, 6.45) is 0.949. The summed E-state index contributed by atoms with van der Waals surface area (Å²) in [5, 5.41) is 4.02. The van der Waals surface area contributed by atoms with E-state index >= 15 is 0 Å². The molecule has 196 valence electrons. The number of hydrogen-bond acceptors (Lipinski definition) is 7. The van der Waals surface area contributed by atoms with Gasteiger partial charge in [-0.3, -0.25) is 4.79 Å². The number of carbonyl (C=O) groups is 2. The number of ketones is 1. The van der Waals surface area contributed by atoms with E-state index in [4.69, 9.17) is 30.5 Å². The third-order valence-corrected chi connectivity index (χ3v) is 7.06. The first-order chi connectivity index (χ1) is 17.9. The van der Waals surface area contributed by atoms with Crippen molar-refractivity contribution in [2.24, 2.45) is 0 Å². The number of halogens is 1. The molecule has 0 fully saturated rings. The zero-order valence-electron chi connectivity index (χ0n) is 21.6. The molecule has 0 amide bonds. The number of dihydropyridines is 1. The molecule has 0 saturated carbocycles. The average Bonchev–Trinajstić information content (AvgIpc) is 2.90. The normalized spacial score (nSPS) is 19.3. The number of esters is 1. The Labute approximate surface area is 222 Å². The molecule has 1 aliphatic heterocycles. The van der Waals surface area contributed by atoms with Crippen molar-refractivity contribution >= 4 is 23.4 Å². The highest BCUT2D eigenvalue weighted by atomic mass is 35.5. The van der Waals surface area contributed by atoms with E-state index in [1.165, 1.54) is 0 Å². The van der Waals surface area contributed by atoms with E-state index in [1.807, 2.05) is 44.2 Å². The van der Waals surface area contributed by atoms with Crippen molar-refractivity contribution in [3.63, 3.8) is 0 Å². The number of allylic oxidation sites excluding steroid dienone is 3. The lowest BCUT2D eigenvalue weighted by atomic mass is 9.71. The smallest absolute Gasteiger partial charge is 0.336 e. The van der Waals surface area contributed by atoms with Crippen LogP contribution in [0.15, 0.2) is 65.0 Å². The van der Waals surface area contributed by atoms with Crippen molar-refractivity contribution in [1.82, 2.24) is 5.32 Å². The molecule has 2 aromatic rings. The van der Waals surface area contributed by atoms with Gasteiger partial charge in [0.15, 0.2) is 5.78 Å². The molecule has 0 aromatic heterocycles. The van der Waals surface area contributed by atoms with Crippen LogP contribution in [-0.2, 0) is 19.1 Å². The summed E-state index contributed by atoms with van der Waals surface area (Å²) in [5.74, 6) is -0.0195. The molecule has 1 N–H and O–H groups in total. The van der Waals surface area contributed by atoms with Gasteiger partial charge in [0, 0.05) is 46.6 Å². The van der Waals surface area contributed by atoms with E-state index in [9.17, 15) is 9.59 Å². The summed E-state index contributed by atoms with van der Waals surface area (Å²) in [5.41, 5.74) is 4.15. The van der Waals surface area contributed by atoms with Gasteiger partial charge < -0.3 is 24.3 Å². The van der Waals surface area contributed by atoms with Gasteiger partial charge in [-0.1, -0.05) is 29.8 Å². The van der Waals surface area contributed by atoms with Crippen LogP contribution in [0.25, 0.3) is 0 Å². The number of nitrogens with one attached hydrogen (secondary N) is 1. The van der Waals surface area contributed by atoms with Gasteiger partial charge in [0.1, 0.15) is 18.1 Å². The first-order valence-electron chi connectivity index (χ1n) is 12.3. The minimum Gasteiger partial charge on any atom is -0.497 e. The van der Waals surface area contributed by atoms with E-state index in [2.05, 4.69) is 5.32 Å². The molecule has 4 rings (SSSR count). The van der Waals surface area contributed by atoms with Gasteiger partial charge >= 0.3 is 5.97 Å². The molecule has 8 heteroatoms. The first kappa shape index (κ1) is 26.8. The van der Waals surface area contributed by atoms with Crippen LogP contribution in [0.5, 0.6) is 11.5 Å². The second-order valence-electron chi connectivity index (χ2n) is 9.01. The van der Waals surface area contributed by atoms with Gasteiger partial charge in [-0.25, -0.2) is 4.79 Å². The first-order valence-corrected chi connectivity index (χ1v) is 12.7.